The molecule has 17 heavy (non-hydrogen) atoms. The summed E-state index contributed by atoms with van der Waals surface area (Å²) in [5.41, 5.74) is 0.999. The number of hydrogen-bond donors (Lipinski definition) is 1. The molecule has 3 nitrogen and oxygen atoms in total. The van der Waals surface area contributed by atoms with Crippen LogP contribution in [0.2, 0.25) is 5.02 Å². The zero-order valence-corrected chi connectivity index (χ0v) is 11.6. The van der Waals surface area contributed by atoms with Gasteiger partial charge in [0.05, 0.1) is 0 Å². The Morgan fingerprint density at radius 3 is 2.59 bits per heavy atom. The summed E-state index contributed by atoms with van der Waals surface area (Å²) < 4.78 is 10.4. The van der Waals surface area contributed by atoms with Gasteiger partial charge in [-0.3, -0.25) is 0 Å². The molecule has 1 N–H and O–H groups in total. The molecule has 0 radical (unpaired) electrons. The lowest BCUT2D eigenvalue weighted by atomic mass is 10.1. The van der Waals surface area contributed by atoms with E-state index in [4.69, 9.17) is 21.1 Å². The highest BCUT2D eigenvalue weighted by atomic mass is 35.5. The Morgan fingerprint density at radius 2 is 2.00 bits per heavy atom. The van der Waals surface area contributed by atoms with Crippen LogP contribution in [0.1, 0.15) is 26.3 Å². The minimum atomic E-state index is 0.0394. The van der Waals surface area contributed by atoms with Crippen LogP contribution in [0.4, 0.5) is 0 Å². The molecule has 4 heteroatoms. The maximum absolute atomic E-state index is 6.18. The molecule has 1 aromatic carbocycles. The van der Waals surface area contributed by atoms with Crippen molar-refractivity contribution in [3.63, 3.8) is 0 Å². The lowest BCUT2D eigenvalue weighted by molar-refractivity contribution is 0.0503. The fourth-order valence-electron chi connectivity index (χ4n) is 1.32. The number of nitrogens with one attached hydrogen (secondary N) is 1. The van der Waals surface area contributed by atoms with Crippen LogP contribution >= 0.6 is 11.6 Å². The van der Waals surface area contributed by atoms with Crippen molar-refractivity contribution in [1.82, 2.24) is 5.32 Å². The smallest absolute Gasteiger partial charge is 0.188 e. The molecule has 0 bridgehead atoms. The van der Waals surface area contributed by atoms with Crippen molar-refractivity contribution in [2.75, 3.05) is 13.9 Å². The summed E-state index contributed by atoms with van der Waals surface area (Å²) in [6, 6.07) is 5.62. The van der Waals surface area contributed by atoms with Crippen molar-refractivity contribution in [3.8, 4) is 5.75 Å². The lowest BCUT2D eigenvalue weighted by Crippen LogP contribution is -2.35. The van der Waals surface area contributed by atoms with Gasteiger partial charge in [-0.05, 0) is 32.9 Å². The maximum atomic E-state index is 6.18. The Labute approximate surface area is 108 Å². The van der Waals surface area contributed by atoms with E-state index in [1.54, 1.807) is 7.11 Å². The summed E-state index contributed by atoms with van der Waals surface area (Å²) >= 11 is 6.18. The fourth-order valence-corrected chi connectivity index (χ4v) is 1.55. The van der Waals surface area contributed by atoms with Gasteiger partial charge in [0.1, 0.15) is 5.75 Å². The van der Waals surface area contributed by atoms with Crippen molar-refractivity contribution >= 4 is 11.6 Å². The van der Waals surface area contributed by atoms with Gasteiger partial charge in [-0.2, -0.15) is 0 Å². The molecule has 0 saturated heterocycles. The van der Waals surface area contributed by atoms with Gasteiger partial charge in [-0.15, -0.1) is 0 Å². The van der Waals surface area contributed by atoms with E-state index < -0.39 is 0 Å². The third-order valence-electron chi connectivity index (χ3n) is 2.20. The molecule has 0 aliphatic carbocycles. The van der Waals surface area contributed by atoms with Crippen LogP contribution in [0.5, 0.6) is 5.75 Å². The number of rotatable bonds is 5. The van der Waals surface area contributed by atoms with Crippen molar-refractivity contribution in [2.24, 2.45) is 0 Å². The van der Waals surface area contributed by atoms with Crippen molar-refractivity contribution in [3.05, 3.63) is 28.8 Å². The van der Waals surface area contributed by atoms with Gasteiger partial charge < -0.3 is 14.8 Å². The topological polar surface area (TPSA) is 30.5 Å². The Morgan fingerprint density at radius 1 is 1.29 bits per heavy atom. The van der Waals surface area contributed by atoms with Crippen LogP contribution in [-0.4, -0.2) is 19.4 Å². The van der Waals surface area contributed by atoms with E-state index in [-0.39, 0.29) is 12.3 Å². The first-order valence-corrected chi connectivity index (χ1v) is 5.96. The molecule has 1 aromatic rings. The molecule has 0 unspecified atom stereocenters. The summed E-state index contributed by atoms with van der Waals surface area (Å²) in [6.45, 7) is 7.23. The molecule has 0 fully saturated rings. The second-order valence-electron chi connectivity index (χ2n) is 4.87. The largest absolute Gasteiger partial charge is 0.467 e. The van der Waals surface area contributed by atoms with E-state index >= 15 is 0 Å². The van der Waals surface area contributed by atoms with Crippen LogP contribution in [0.3, 0.4) is 0 Å². The fraction of sp³-hybridized carbons (Fsp3) is 0.538. The van der Waals surface area contributed by atoms with Gasteiger partial charge >= 0.3 is 0 Å². The molecule has 0 atom stereocenters. The highest BCUT2D eigenvalue weighted by molar-refractivity contribution is 6.31. The summed E-state index contributed by atoms with van der Waals surface area (Å²) in [5, 5.41) is 4.09. The van der Waals surface area contributed by atoms with Gasteiger partial charge in [0.25, 0.3) is 0 Å². The SMILES string of the molecule is COCOc1cccc(Cl)c1CNC(C)(C)C. The van der Waals surface area contributed by atoms with Gasteiger partial charge in [0, 0.05) is 29.8 Å². The molecule has 0 saturated carbocycles. The van der Waals surface area contributed by atoms with Gasteiger partial charge in [-0.25, -0.2) is 0 Å². The normalized spacial score (nSPS) is 11.6. The van der Waals surface area contributed by atoms with Crippen LogP contribution in [0.15, 0.2) is 18.2 Å². The summed E-state index contributed by atoms with van der Waals surface area (Å²) in [4.78, 5) is 0. The summed E-state index contributed by atoms with van der Waals surface area (Å²) in [7, 11) is 1.59. The Hall–Kier alpha value is -0.770. The minimum absolute atomic E-state index is 0.0394. The molecule has 96 valence electrons. The molecule has 0 heterocycles. The van der Waals surface area contributed by atoms with E-state index in [9.17, 15) is 0 Å². The predicted octanol–water partition coefficient (Wildman–Crippen LogP) is 3.21. The molecule has 0 amide bonds. The van der Waals surface area contributed by atoms with E-state index in [2.05, 4.69) is 26.1 Å². The second-order valence-corrected chi connectivity index (χ2v) is 5.28. The monoisotopic (exact) mass is 257 g/mol. The molecular weight excluding hydrogens is 238 g/mol. The van der Waals surface area contributed by atoms with Crippen molar-refractivity contribution < 1.29 is 9.47 Å². The van der Waals surface area contributed by atoms with E-state index in [1.165, 1.54) is 0 Å². The van der Waals surface area contributed by atoms with E-state index in [0.717, 1.165) is 11.3 Å². The van der Waals surface area contributed by atoms with E-state index in [1.807, 2.05) is 18.2 Å². The quantitative estimate of drug-likeness (QED) is 0.822. The first-order valence-electron chi connectivity index (χ1n) is 5.58. The third kappa shape index (κ3) is 4.94. The first-order chi connectivity index (χ1) is 7.94. The zero-order valence-electron chi connectivity index (χ0n) is 10.8. The molecule has 0 aliphatic rings. The van der Waals surface area contributed by atoms with E-state index in [0.29, 0.717) is 11.6 Å². The minimum Gasteiger partial charge on any atom is -0.467 e. The van der Waals surface area contributed by atoms with Crippen LogP contribution in [0, 0.1) is 0 Å². The third-order valence-corrected chi connectivity index (χ3v) is 2.56. The highest BCUT2D eigenvalue weighted by Gasteiger charge is 2.13. The zero-order chi connectivity index (χ0) is 12.9. The standard InChI is InChI=1S/C13H20ClNO2/c1-13(2,3)15-8-10-11(14)6-5-7-12(10)17-9-16-4/h5-7,15H,8-9H2,1-4H3. The Balaban J connectivity index is 2.80. The lowest BCUT2D eigenvalue weighted by Gasteiger charge is -2.22. The second kappa shape index (κ2) is 6.24. The van der Waals surface area contributed by atoms with Crippen molar-refractivity contribution in [1.29, 1.82) is 0 Å². The average molecular weight is 258 g/mol. The van der Waals surface area contributed by atoms with Gasteiger partial charge in [0.15, 0.2) is 6.79 Å². The molecule has 0 aliphatic heterocycles. The van der Waals surface area contributed by atoms with Gasteiger partial charge in [0.2, 0.25) is 0 Å². The number of benzene rings is 1. The van der Waals surface area contributed by atoms with Crippen molar-refractivity contribution in [2.45, 2.75) is 32.9 Å². The average Bonchev–Trinajstić information content (AvgIpc) is 2.23. The molecule has 1 rings (SSSR count). The Kier molecular flexibility index (Phi) is 5.25. The maximum Gasteiger partial charge on any atom is 0.188 e. The number of methoxy groups -OCH3 is 1. The number of halogens is 1. The predicted molar refractivity (Wildman–Crippen MR) is 70.5 cm³/mol. The summed E-state index contributed by atoms with van der Waals surface area (Å²) in [6.07, 6.45) is 0. The first kappa shape index (κ1) is 14.3. The number of ether oxygens (including phenoxy) is 2. The Bertz CT molecular complexity index is 361. The van der Waals surface area contributed by atoms with Crippen LogP contribution in [0.25, 0.3) is 0 Å². The molecule has 0 spiro atoms. The highest BCUT2D eigenvalue weighted by Crippen LogP contribution is 2.26. The summed E-state index contributed by atoms with van der Waals surface area (Å²) in [5.74, 6) is 0.760. The molecule has 0 aromatic heterocycles. The van der Waals surface area contributed by atoms with Crippen LogP contribution < -0.4 is 10.1 Å². The van der Waals surface area contributed by atoms with Gasteiger partial charge in [-0.1, -0.05) is 17.7 Å². The number of hydrogen-bond acceptors (Lipinski definition) is 3. The van der Waals surface area contributed by atoms with Crippen LogP contribution in [-0.2, 0) is 11.3 Å². The molecular formula is C13H20ClNO2.